The largest absolute Gasteiger partial charge is 0.362 e. The summed E-state index contributed by atoms with van der Waals surface area (Å²) in [5.41, 5.74) is 1.22. The van der Waals surface area contributed by atoms with E-state index in [4.69, 9.17) is 0 Å². The number of halogens is 2. The van der Waals surface area contributed by atoms with E-state index in [0.717, 1.165) is 12.5 Å². The number of nitrogens with one attached hydrogen (secondary N) is 1. The van der Waals surface area contributed by atoms with Crippen LogP contribution in [0.25, 0.3) is 0 Å². The van der Waals surface area contributed by atoms with Gasteiger partial charge in [0.15, 0.2) is 21.5 Å². The van der Waals surface area contributed by atoms with Crippen LogP contribution in [0, 0.1) is 11.6 Å². The van der Waals surface area contributed by atoms with Gasteiger partial charge in [-0.25, -0.2) is 17.2 Å². The van der Waals surface area contributed by atoms with Crippen molar-refractivity contribution in [2.75, 3.05) is 29.5 Å². The number of amides is 1. The van der Waals surface area contributed by atoms with Gasteiger partial charge in [0.05, 0.1) is 18.1 Å². The molecule has 2 aliphatic rings. The summed E-state index contributed by atoms with van der Waals surface area (Å²) in [6.45, 7) is 0.586. The number of hydrogen-bond acceptors (Lipinski definition) is 4. The molecular weight excluding hydrogens is 326 g/mol. The minimum absolute atomic E-state index is 0.00855. The summed E-state index contributed by atoms with van der Waals surface area (Å²) in [5.74, 6) is -2.06. The van der Waals surface area contributed by atoms with Gasteiger partial charge in [0.1, 0.15) is 0 Å². The fourth-order valence-corrected chi connectivity index (χ4v) is 4.85. The van der Waals surface area contributed by atoms with Gasteiger partial charge in [0.25, 0.3) is 0 Å². The van der Waals surface area contributed by atoms with Crippen molar-refractivity contribution in [3.63, 3.8) is 0 Å². The molecule has 1 aromatic carbocycles. The zero-order valence-electron chi connectivity index (χ0n) is 12.5. The van der Waals surface area contributed by atoms with Crippen LogP contribution in [0.1, 0.15) is 18.4 Å². The number of nitrogens with zero attached hydrogens (tertiary/aromatic N) is 1. The molecule has 5 nitrogen and oxygen atoms in total. The molecule has 8 heteroatoms. The lowest BCUT2D eigenvalue weighted by Gasteiger charge is -2.31. The van der Waals surface area contributed by atoms with E-state index < -0.39 is 21.5 Å². The van der Waals surface area contributed by atoms with Gasteiger partial charge in [-0.3, -0.25) is 4.79 Å². The van der Waals surface area contributed by atoms with Gasteiger partial charge in [-0.15, -0.1) is 0 Å². The molecular formula is C15H18F2N2O3S. The van der Waals surface area contributed by atoms with Crippen molar-refractivity contribution in [1.82, 2.24) is 5.32 Å². The fourth-order valence-electron chi connectivity index (χ4n) is 3.17. The SMILES string of the molecule is O=C(CN1CCCc2cc(F)c(F)cc21)N[C@@H]1CCS(=O)(=O)C1. The maximum atomic E-state index is 13.5. The van der Waals surface area contributed by atoms with Crippen LogP contribution in [-0.4, -0.2) is 45.0 Å². The van der Waals surface area contributed by atoms with Crippen molar-refractivity contribution in [3.05, 3.63) is 29.3 Å². The summed E-state index contributed by atoms with van der Waals surface area (Å²) in [5, 5.41) is 2.71. The zero-order chi connectivity index (χ0) is 16.6. The average molecular weight is 344 g/mol. The quantitative estimate of drug-likeness (QED) is 0.889. The third-order valence-corrected chi connectivity index (χ3v) is 6.04. The molecule has 0 aromatic heterocycles. The molecule has 0 radical (unpaired) electrons. The van der Waals surface area contributed by atoms with E-state index in [1.165, 1.54) is 6.07 Å². The molecule has 3 rings (SSSR count). The second-order valence-electron chi connectivity index (χ2n) is 6.09. The lowest BCUT2D eigenvalue weighted by atomic mass is 10.0. The monoisotopic (exact) mass is 344 g/mol. The number of benzene rings is 1. The molecule has 1 N–H and O–H groups in total. The summed E-state index contributed by atoms with van der Waals surface area (Å²) < 4.78 is 49.6. The third-order valence-electron chi connectivity index (χ3n) is 4.27. The predicted molar refractivity (Wildman–Crippen MR) is 82.1 cm³/mol. The molecule has 1 aromatic rings. The van der Waals surface area contributed by atoms with Crippen LogP contribution in [0.2, 0.25) is 0 Å². The van der Waals surface area contributed by atoms with Crippen molar-refractivity contribution in [3.8, 4) is 0 Å². The van der Waals surface area contributed by atoms with Crippen LogP contribution < -0.4 is 10.2 Å². The van der Waals surface area contributed by atoms with E-state index in [-0.39, 0.29) is 30.0 Å². The van der Waals surface area contributed by atoms with Gasteiger partial charge in [-0.1, -0.05) is 0 Å². The first-order chi connectivity index (χ1) is 10.8. The Morgan fingerprint density at radius 3 is 2.74 bits per heavy atom. The smallest absolute Gasteiger partial charge is 0.239 e. The van der Waals surface area contributed by atoms with E-state index in [2.05, 4.69) is 5.32 Å². The van der Waals surface area contributed by atoms with Crippen LogP contribution >= 0.6 is 0 Å². The molecule has 2 aliphatic heterocycles. The molecule has 0 aliphatic carbocycles. The first-order valence-electron chi connectivity index (χ1n) is 7.57. The number of rotatable bonds is 3. The van der Waals surface area contributed by atoms with Crippen LogP contribution in [-0.2, 0) is 21.1 Å². The second kappa shape index (κ2) is 6.07. The topological polar surface area (TPSA) is 66.5 Å². The maximum Gasteiger partial charge on any atom is 0.239 e. The highest BCUT2D eigenvalue weighted by molar-refractivity contribution is 7.91. The molecule has 0 bridgehead atoms. The molecule has 0 unspecified atom stereocenters. The number of fused-ring (bicyclic) bond motifs is 1. The molecule has 0 saturated carbocycles. The predicted octanol–water partition coefficient (Wildman–Crippen LogP) is 1.02. The summed E-state index contributed by atoms with van der Waals surface area (Å²) >= 11 is 0. The highest BCUT2D eigenvalue weighted by Crippen LogP contribution is 2.29. The van der Waals surface area contributed by atoms with Gasteiger partial charge in [0.2, 0.25) is 5.91 Å². The Kier molecular flexibility index (Phi) is 4.27. The molecule has 0 spiro atoms. The molecule has 1 saturated heterocycles. The Bertz CT molecular complexity index is 736. The van der Waals surface area contributed by atoms with Crippen LogP contribution in [0.3, 0.4) is 0 Å². The van der Waals surface area contributed by atoms with Gasteiger partial charge >= 0.3 is 0 Å². The number of carbonyl (C=O) groups excluding carboxylic acids is 1. The Labute approximate surface area is 133 Å². The standard InChI is InChI=1S/C15H18F2N2O3S/c16-12-6-10-2-1-4-19(14(10)7-13(12)17)8-15(20)18-11-3-5-23(21,22)9-11/h6-7,11H,1-5,8-9H2,(H,18,20)/t11-/m1/s1. The Morgan fingerprint density at radius 1 is 1.30 bits per heavy atom. The van der Waals surface area contributed by atoms with Crippen molar-refractivity contribution >= 4 is 21.4 Å². The highest BCUT2D eigenvalue weighted by atomic mass is 32.2. The molecule has 23 heavy (non-hydrogen) atoms. The number of carbonyl (C=O) groups is 1. The van der Waals surface area contributed by atoms with E-state index in [1.807, 2.05) is 0 Å². The van der Waals surface area contributed by atoms with Crippen molar-refractivity contribution < 1.29 is 22.0 Å². The maximum absolute atomic E-state index is 13.5. The lowest BCUT2D eigenvalue weighted by Crippen LogP contribution is -2.44. The third kappa shape index (κ3) is 3.63. The zero-order valence-corrected chi connectivity index (χ0v) is 13.3. The molecule has 2 heterocycles. The van der Waals surface area contributed by atoms with Crippen molar-refractivity contribution in [1.29, 1.82) is 0 Å². The number of sulfone groups is 1. The Balaban J connectivity index is 1.67. The van der Waals surface area contributed by atoms with Crippen molar-refractivity contribution in [2.45, 2.75) is 25.3 Å². The number of anilines is 1. The van der Waals surface area contributed by atoms with Gasteiger partial charge in [-0.05, 0) is 30.9 Å². The summed E-state index contributed by atoms with van der Waals surface area (Å²) in [6, 6.07) is 1.94. The highest BCUT2D eigenvalue weighted by Gasteiger charge is 2.29. The Morgan fingerprint density at radius 2 is 2.04 bits per heavy atom. The Hall–Kier alpha value is -1.70. The minimum Gasteiger partial charge on any atom is -0.362 e. The van der Waals surface area contributed by atoms with Gasteiger partial charge < -0.3 is 10.2 Å². The lowest BCUT2D eigenvalue weighted by molar-refractivity contribution is -0.120. The molecule has 1 fully saturated rings. The van der Waals surface area contributed by atoms with Gasteiger partial charge in [-0.2, -0.15) is 0 Å². The van der Waals surface area contributed by atoms with E-state index >= 15 is 0 Å². The number of aryl methyl sites for hydroxylation is 1. The van der Waals surface area contributed by atoms with Crippen LogP contribution in [0.15, 0.2) is 12.1 Å². The van der Waals surface area contributed by atoms with Crippen LogP contribution in [0.4, 0.5) is 14.5 Å². The first-order valence-corrected chi connectivity index (χ1v) is 9.39. The summed E-state index contributed by atoms with van der Waals surface area (Å²) in [7, 11) is -3.05. The van der Waals surface area contributed by atoms with Crippen LogP contribution in [0.5, 0.6) is 0 Å². The minimum atomic E-state index is -3.05. The normalized spacial score (nSPS) is 22.7. The fraction of sp³-hybridized carbons (Fsp3) is 0.533. The molecule has 126 valence electrons. The van der Waals surface area contributed by atoms with E-state index in [9.17, 15) is 22.0 Å². The van der Waals surface area contributed by atoms with Gasteiger partial charge in [0, 0.05) is 24.3 Å². The summed E-state index contributed by atoms with van der Waals surface area (Å²) in [4.78, 5) is 13.8. The van der Waals surface area contributed by atoms with Crippen molar-refractivity contribution in [2.24, 2.45) is 0 Å². The average Bonchev–Trinajstić information content (AvgIpc) is 2.80. The number of hydrogen-bond donors (Lipinski definition) is 1. The molecule has 1 amide bonds. The van der Waals surface area contributed by atoms with E-state index in [1.54, 1.807) is 4.90 Å². The first kappa shape index (κ1) is 16.2. The molecule has 1 atom stereocenters. The second-order valence-corrected chi connectivity index (χ2v) is 8.32. The van der Waals surface area contributed by atoms with E-state index in [0.29, 0.717) is 30.6 Å². The summed E-state index contributed by atoms with van der Waals surface area (Å²) in [6.07, 6.45) is 1.82.